The molecule has 0 amide bonds. The van der Waals surface area contributed by atoms with Gasteiger partial charge in [-0.2, -0.15) is 0 Å². The Bertz CT molecular complexity index is 1370. The first kappa shape index (κ1) is 38.3. The van der Waals surface area contributed by atoms with Gasteiger partial charge in [0.15, 0.2) is 6.29 Å². The minimum absolute atomic E-state index is 0.00851. The number of ketones is 1. The fourth-order valence-corrected chi connectivity index (χ4v) is 11.8. The van der Waals surface area contributed by atoms with Gasteiger partial charge in [-0.25, -0.2) is 0 Å². The molecule has 0 bridgehead atoms. The van der Waals surface area contributed by atoms with Gasteiger partial charge in [-0.15, -0.1) is 0 Å². The zero-order valence-electron chi connectivity index (χ0n) is 31.0. The van der Waals surface area contributed by atoms with E-state index < -0.39 is 94.5 Å². The number of carboxylic acids is 1. The minimum atomic E-state index is -1.61. The average molecular weight is 693 g/mol. The summed E-state index contributed by atoms with van der Waals surface area (Å²) in [7, 11) is 0. The van der Waals surface area contributed by atoms with E-state index in [0.717, 1.165) is 6.42 Å². The number of ether oxygens (including phenoxy) is 3. The van der Waals surface area contributed by atoms with Crippen LogP contribution in [0.4, 0.5) is 0 Å². The van der Waals surface area contributed by atoms with Crippen LogP contribution in [0.2, 0.25) is 0 Å². The van der Waals surface area contributed by atoms with Gasteiger partial charge in [-0.3, -0.25) is 14.4 Å². The summed E-state index contributed by atoms with van der Waals surface area (Å²) in [6, 6.07) is 0. The number of carboxylic acid groups (broad SMARTS) is 1. The van der Waals surface area contributed by atoms with Crippen molar-refractivity contribution in [1.82, 2.24) is 0 Å². The number of aliphatic carboxylic acids is 1. The highest BCUT2D eigenvalue weighted by atomic mass is 16.7. The zero-order chi connectivity index (χ0) is 36.8. The first-order chi connectivity index (χ1) is 22.5. The molecule has 3 fully saturated rings. The highest BCUT2D eigenvalue weighted by molar-refractivity contribution is 5.93. The van der Waals surface area contributed by atoms with Gasteiger partial charge < -0.3 is 39.7 Å². The molecule has 49 heavy (non-hydrogen) atoms. The smallest absolute Gasteiger partial charge is 0.308 e. The Morgan fingerprint density at radius 1 is 0.959 bits per heavy atom. The third kappa shape index (κ3) is 5.47. The number of hydrogen-bond acceptors (Lipinski definition) is 10. The number of allylic oxidation sites excluding steroid dienone is 2. The predicted molar refractivity (Wildman–Crippen MR) is 179 cm³/mol. The third-order valence-electron chi connectivity index (χ3n) is 14.9. The molecule has 0 radical (unpaired) electrons. The SMILES string of the molecule is CC(=O)OC1CC2(C)C3=C(CCC2C(C)(C)C1OC1OC(CO)C(O)C(O)C1O)C1(C)CC(=O)C(C)(C(C)C(C)C)C(C(=O)O)C1(C)CC3. The van der Waals surface area contributed by atoms with Crippen molar-refractivity contribution in [3.8, 4) is 0 Å². The molecule has 1 saturated heterocycles. The van der Waals surface area contributed by atoms with Crippen molar-refractivity contribution < 1.29 is 54.1 Å². The van der Waals surface area contributed by atoms with Gasteiger partial charge in [0.25, 0.3) is 0 Å². The van der Waals surface area contributed by atoms with Crippen LogP contribution >= 0.6 is 0 Å². The molecule has 0 aromatic carbocycles. The Labute approximate surface area is 290 Å². The molecule has 14 unspecified atom stereocenters. The summed E-state index contributed by atoms with van der Waals surface area (Å²) in [6.07, 6.45) is -5.48. The lowest BCUT2D eigenvalue weighted by Gasteiger charge is -2.67. The molecule has 0 aromatic heterocycles. The molecular weight excluding hydrogens is 632 g/mol. The van der Waals surface area contributed by atoms with Crippen molar-refractivity contribution in [3.05, 3.63) is 11.1 Å². The molecule has 5 N–H and O–H groups in total. The van der Waals surface area contributed by atoms with E-state index in [0.29, 0.717) is 25.7 Å². The van der Waals surface area contributed by atoms with Crippen molar-refractivity contribution in [2.45, 2.75) is 151 Å². The van der Waals surface area contributed by atoms with E-state index in [4.69, 9.17) is 14.2 Å². The van der Waals surface area contributed by atoms with Gasteiger partial charge in [-0.05, 0) is 66.1 Å². The summed E-state index contributed by atoms with van der Waals surface area (Å²) >= 11 is 0. The number of fused-ring (bicyclic) bond motifs is 4. The van der Waals surface area contributed by atoms with Gasteiger partial charge in [0.1, 0.15) is 42.4 Å². The predicted octanol–water partition coefficient (Wildman–Crippen LogP) is 4.02. The Balaban J connectivity index is 1.57. The lowest BCUT2D eigenvalue weighted by atomic mass is 9.36. The van der Waals surface area contributed by atoms with Gasteiger partial charge in [0.2, 0.25) is 0 Å². The molecule has 5 aliphatic rings. The minimum Gasteiger partial charge on any atom is -0.481 e. The number of carbonyl (C=O) groups is 3. The van der Waals surface area contributed by atoms with Crippen LogP contribution < -0.4 is 0 Å². The monoisotopic (exact) mass is 692 g/mol. The number of carbonyl (C=O) groups excluding carboxylic acids is 2. The van der Waals surface area contributed by atoms with E-state index in [1.165, 1.54) is 18.1 Å². The van der Waals surface area contributed by atoms with Gasteiger partial charge in [-0.1, -0.05) is 73.5 Å². The van der Waals surface area contributed by atoms with Crippen LogP contribution in [-0.4, -0.2) is 92.8 Å². The summed E-state index contributed by atoms with van der Waals surface area (Å²) in [5, 5.41) is 52.3. The Hall–Kier alpha value is -1.89. The first-order valence-corrected chi connectivity index (χ1v) is 18.2. The van der Waals surface area contributed by atoms with Crippen molar-refractivity contribution in [1.29, 1.82) is 0 Å². The Morgan fingerprint density at radius 2 is 1.59 bits per heavy atom. The number of esters is 1. The number of Topliss-reactive ketones (excluding diaryl/α,β-unsaturated/α-hetero) is 1. The van der Waals surface area contributed by atoms with Crippen LogP contribution in [0.3, 0.4) is 0 Å². The fraction of sp³-hybridized carbons (Fsp3) is 0.868. The van der Waals surface area contributed by atoms with Crippen LogP contribution in [-0.2, 0) is 28.6 Å². The Kier molecular flexibility index (Phi) is 9.90. The van der Waals surface area contributed by atoms with Crippen LogP contribution in [0.5, 0.6) is 0 Å². The summed E-state index contributed by atoms with van der Waals surface area (Å²) in [5.74, 6) is -2.23. The molecule has 0 spiro atoms. The molecule has 1 heterocycles. The standard InChI is InChI=1S/C38H60O11/c1-18(2)19(3)38(10)26(41)16-37(9)22-11-12-25-34(5,6)31(49-33-29(44)28(43)27(42)24(17-39)48-33)23(47-20(4)40)15-35(25,7)21(22)13-14-36(37,8)30(38)32(45)46/h18-19,23-25,27-31,33,39,42-44H,11-17H2,1-10H3,(H,45,46). The fourth-order valence-electron chi connectivity index (χ4n) is 11.8. The summed E-state index contributed by atoms with van der Waals surface area (Å²) < 4.78 is 18.2. The molecule has 5 rings (SSSR count). The van der Waals surface area contributed by atoms with E-state index in [1.807, 2.05) is 27.7 Å². The summed E-state index contributed by atoms with van der Waals surface area (Å²) in [4.78, 5) is 40.3. The Morgan fingerprint density at radius 3 is 2.14 bits per heavy atom. The van der Waals surface area contributed by atoms with Crippen LogP contribution in [0.25, 0.3) is 0 Å². The lowest BCUT2D eigenvalue weighted by molar-refractivity contribution is -0.336. The normalized spacial score (nSPS) is 47.2. The quantitative estimate of drug-likeness (QED) is 0.192. The molecular formula is C38H60O11. The van der Waals surface area contributed by atoms with E-state index in [2.05, 4.69) is 34.6 Å². The number of rotatable bonds is 7. The van der Waals surface area contributed by atoms with E-state index in [9.17, 15) is 39.9 Å². The average Bonchev–Trinajstić information content (AvgIpc) is 2.99. The lowest BCUT2D eigenvalue weighted by Crippen LogP contribution is -2.67. The van der Waals surface area contributed by atoms with Crippen molar-refractivity contribution >= 4 is 17.7 Å². The molecule has 1 aliphatic heterocycles. The van der Waals surface area contributed by atoms with Crippen LogP contribution in [0.15, 0.2) is 11.1 Å². The molecule has 11 nitrogen and oxygen atoms in total. The van der Waals surface area contributed by atoms with E-state index in [-0.39, 0.29) is 30.0 Å². The van der Waals surface area contributed by atoms with Crippen LogP contribution in [0, 0.1) is 50.7 Å². The molecule has 278 valence electrons. The topological polar surface area (TPSA) is 180 Å². The first-order valence-electron chi connectivity index (χ1n) is 18.2. The molecule has 2 saturated carbocycles. The largest absolute Gasteiger partial charge is 0.481 e. The highest BCUT2D eigenvalue weighted by Crippen LogP contribution is 2.73. The molecule has 11 heteroatoms. The molecule has 4 aliphatic carbocycles. The van der Waals surface area contributed by atoms with Gasteiger partial charge >= 0.3 is 11.9 Å². The second-order valence-electron chi connectivity index (χ2n) is 17.8. The molecule has 0 aromatic rings. The van der Waals surface area contributed by atoms with E-state index in [1.54, 1.807) is 0 Å². The highest BCUT2D eigenvalue weighted by Gasteiger charge is 2.71. The van der Waals surface area contributed by atoms with Gasteiger partial charge in [0, 0.05) is 24.2 Å². The maximum atomic E-state index is 14.4. The van der Waals surface area contributed by atoms with Crippen molar-refractivity contribution in [2.75, 3.05) is 6.61 Å². The summed E-state index contributed by atoms with van der Waals surface area (Å²) in [5.41, 5.74) is -1.10. The van der Waals surface area contributed by atoms with Gasteiger partial charge in [0.05, 0.1) is 12.5 Å². The number of aliphatic hydroxyl groups excluding tert-OH is 4. The second kappa shape index (κ2) is 12.7. The van der Waals surface area contributed by atoms with Crippen molar-refractivity contribution in [3.63, 3.8) is 0 Å². The number of hydrogen-bond donors (Lipinski definition) is 5. The van der Waals surface area contributed by atoms with Crippen LogP contribution in [0.1, 0.15) is 108 Å². The van der Waals surface area contributed by atoms with Crippen molar-refractivity contribution in [2.24, 2.45) is 50.7 Å². The third-order valence-corrected chi connectivity index (χ3v) is 14.9. The molecule has 14 atom stereocenters. The maximum absolute atomic E-state index is 14.4. The zero-order valence-corrected chi connectivity index (χ0v) is 31.0. The number of aliphatic hydroxyl groups is 4. The van der Waals surface area contributed by atoms with E-state index >= 15 is 0 Å². The summed E-state index contributed by atoms with van der Waals surface area (Å²) in [6.45, 7) is 19.3. The maximum Gasteiger partial charge on any atom is 0.308 e. The second-order valence-corrected chi connectivity index (χ2v) is 17.8.